The Morgan fingerprint density at radius 1 is 1.33 bits per heavy atom. The van der Waals surface area contributed by atoms with E-state index in [-0.39, 0.29) is 11.6 Å². The molecule has 2 heteroatoms. The van der Waals surface area contributed by atoms with Crippen LogP contribution < -0.4 is 4.90 Å². The van der Waals surface area contributed by atoms with E-state index < -0.39 is 0 Å². The molecule has 0 N–H and O–H groups in total. The molecule has 0 aromatic heterocycles. The van der Waals surface area contributed by atoms with Crippen LogP contribution >= 0.6 is 0 Å². The predicted molar refractivity (Wildman–Crippen MR) is 63.3 cm³/mol. The predicted octanol–water partition coefficient (Wildman–Crippen LogP) is 2.99. The number of nitrogens with zero attached hydrogens (tertiary/aromatic N) is 1. The summed E-state index contributed by atoms with van der Waals surface area (Å²) in [7, 11) is 3.95. The van der Waals surface area contributed by atoms with Crippen molar-refractivity contribution < 1.29 is 4.74 Å². The largest absolute Gasteiger partial charge is 0.377 e. The van der Waals surface area contributed by atoms with Crippen molar-refractivity contribution in [2.24, 2.45) is 0 Å². The van der Waals surface area contributed by atoms with E-state index in [9.17, 15) is 0 Å². The maximum Gasteiger partial charge on any atom is 0.0863 e. The Balaban J connectivity index is 2.50. The van der Waals surface area contributed by atoms with Gasteiger partial charge in [-0.2, -0.15) is 0 Å². The summed E-state index contributed by atoms with van der Waals surface area (Å²) < 4.78 is 5.57. The Labute approximate surface area is 91.9 Å². The molecular formula is C13H19NO. The zero-order valence-electron chi connectivity index (χ0n) is 9.95. The molecule has 82 valence electrons. The first kappa shape index (κ1) is 10.5. The first-order valence-electron chi connectivity index (χ1n) is 5.42. The SMILES string of the molecule is COC1CC(C)(C)N(C)c2ccccc21. The highest BCUT2D eigenvalue weighted by molar-refractivity contribution is 5.58. The fourth-order valence-electron chi connectivity index (χ4n) is 2.30. The summed E-state index contributed by atoms with van der Waals surface area (Å²) in [6.07, 6.45) is 1.27. The van der Waals surface area contributed by atoms with E-state index in [0.29, 0.717) is 0 Å². The average molecular weight is 205 g/mol. The molecule has 1 aromatic rings. The average Bonchev–Trinajstić information content (AvgIpc) is 2.24. The van der Waals surface area contributed by atoms with Crippen molar-refractivity contribution in [3.05, 3.63) is 29.8 Å². The van der Waals surface area contributed by atoms with Gasteiger partial charge in [-0.05, 0) is 19.9 Å². The topological polar surface area (TPSA) is 12.5 Å². The van der Waals surface area contributed by atoms with Crippen LogP contribution in [0.1, 0.15) is 31.9 Å². The second-order valence-electron chi connectivity index (χ2n) is 4.86. The number of hydrogen-bond acceptors (Lipinski definition) is 2. The summed E-state index contributed by atoms with van der Waals surface area (Å²) in [5.74, 6) is 0. The number of rotatable bonds is 1. The normalized spacial score (nSPS) is 23.7. The zero-order valence-corrected chi connectivity index (χ0v) is 9.95. The maximum absolute atomic E-state index is 5.57. The highest BCUT2D eigenvalue weighted by Crippen LogP contribution is 2.42. The van der Waals surface area contributed by atoms with Crippen LogP contribution in [0.25, 0.3) is 0 Å². The monoisotopic (exact) mass is 205 g/mol. The van der Waals surface area contributed by atoms with Gasteiger partial charge >= 0.3 is 0 Å². The lowest BCUT2D eigenvalue weighted by Gasteiger charge is -2.45. The quantitative estimate of drug-likeness (QED) is 0.699. The van der Waals surface area contributed by atoms with Gasteiger partial charge in [0.1, 0.15) is 0 Å². The smallest absolute Gasteiger partial charge is 0.0863 e. The molecule has 0 spiro atoms. The molecule has 1 aliphatic rings. The summed E-state index contributed by atoms with van der Waals surface area (Å²) in [4.78, 5) is 2.35. The minimum absolute atomic E-state index is 0.162. The van der Waals surface area contributed by atoms with Gasteiger partial charge in [0.15, 0.2) is 0 Å². The van der Waals surface area contributed by atoms with Gasteiger partial charge in [-0.3, -0.25) is 0 Å². The van der Waals surface area contributed by atoms with E-state index in [1.165, 1.54) is 11.3 Å². The number of anilines is 1. The molecule has 0 saturated heterocycles. The van der Waals surface area contributed by atoms with E-state index in [2.05, 4.69) is 50.1 Å². The Kier molecular flexibility index (Phi) is 2.47. The molecule has 0 amide bonds. The van der Waals surface area contributed by atoms with Crippen molar-refractivity contribution in [3.8, 4) is 0 Å². The van der Waals surface area contributed by atoms with E-state index in [1.54, 1.807) is 7.11 Å². The Morgan fingerprint density at radius 3 is 2.67 bits per heavy atom. The number of para-hydroxylation sites is 1. The lowest BCUT2D eigenvalue weighted by atomic mass is 9.85. The van der Waals surface area contributed by atoms with Crippen LogP contribution in [-0.4, -0.2) is 19.7 Å². The second-order valence-corrected chi connectivity index (χ2v) is 4.86. The van der Waals surface area contributed by atoms with Gasteiger partial charge in [0.25, 0.3) is 0 Å². The molecule has 1 aromatic carbocycles. The van der Waals surface area contributed by atoms with Gasteiger partial charge in [-0.25, -0.2) is 0 Å². The number of methoxy groups -OCH3 is 1. The second kappa shape index (κ2) is 3.53. The minimum atomic E-state index is 0.162. The molecule has 0 bridgehead atoms. The van der Waals surface area contributed by atoms with Gasteiger partial charge in [-0.1, -0.05) is 18.2 Å². The first-order valence-corrected chi connectivity index (χ1v) is 5.42. The van der Waals surface area contributed by atoms with Crippen molar-refractivity contribution in [2.75, 3.05) is 19.1 Å². The third kappa shape index (κ3) is 1.63. The molecule has 0 aliphatic carbocycles. The van der Waals surface area contributed by atoms with Gasteiger partial charge in [0, 0.05) is 37.4 Å². The third-order valence-corrected chi connectivity index (χ3v) is 3.52. The van der Waals surface area contributed by atoms with Crippen LogP contribution in [0.5, 0.6) is 0 Å². The summed E-state index contributed by atoms with van der Waals surface area (Å²) >= 11 is 0. The first-order chi connectivity index (χ1) is 7.06. The molecule has 1 aliphatic heterocycles. The lowest BCUT2D eigenvalue weighted by molar-refractivity contribution is 0.0719. The summed E-state index contributed by atoms with van der Waals surface area (Å²) in [5, 5.41) is 0. The lowest BCUT2D eigenvalue weighted by Crippen LogP contribution is -2.46. The van der Waals surface area contributed by atoms with Crippen molar-refractivity contribution >= 4 is 5.69 Å². The fraction of sp³-hybridized carbons (Fsp3) is 0.538. The van der Waals surface area contributed by atoms with Gasteiger partial charge in [-0.15, -0.1) is 0 Å². The maximum atomic E-state index is 5.57. The minimum Gasteiger partial charge on any atom is -0.377 e. The summed E-state index contributed by atoms with van der Waals surface area (Å²) in [6.45, 7) is 4.52. The highest BCUT2D eigenvalue weighted by atomic mass is 16.5. The number of hydrogen-bond donors (Lipinski definition) is 0. The Morgan fingerprint density at radius 2 is 2.00 bits per heavy atom. The summed E-state index contributed by atoms with van der Waals surface area (Å²) in [5.41, 5.74) is 2.76. The van der Waals surface area contributed by atoms with Gasteiger partial charge < -0.3 is 9.64 Å². The van der Waals surface area contributed by atoms with Gasteiger partial charge in [0.05, 0.1) is 6.10 Å². The van der Waals surface area contributed by atoms with Crippen molar-refractivity contribution in [2.45, 2.75) is 31.9 Å². The number of fused-ring (bicyclic) bond motifs is 1. The molecule has 2 rings (SSSR count). The number of benzene rings is 1. The van der Waals surface area contributed by atoms with Crippen molar-refractivity contribution in [1.29, 1.82) is 0 Å². The van der Waals surface area contributed by atoms with Crippen molar-refractivity contribution in [3.63, 3.8) is 0 Å². The van der Waals surface area contributed by atoms with Crippen LogP contribution in [0.3, 0.4) is 0 Å². The highest BCUT2D eigenvalue weighted by Gasteiger charge is 2.35. The van der Waals surface area contributed by atoms with E-state index in [4.69, 9.17) is 4.74 Å². The van der Waals surface area contributed by atoms with E-state index in [1.807, 2.05) is 0 Å². The standard InChI is InChI=1S/C13H19NO/c1-13(2)9-12(15-4)10-7-5-6-8-11(10)14(13)3/h5-8,12H,9H2,1-4H3. The molecule has 2 nitrogen and oxygen atoms in total. The molecule has 1 atom stereocenters. The van der Waals surface area contributed by atoms with Crippen LogP contribution in [0.2, 0.25) is 0 Å². The van der Waals surface area contributed by atoms with Crippen LogP contribution in [0.4, 0.5) is 5.69 Å². The molecule has 0 radical (unpaired) electrons. The van der Waals surface area contributed by atoms with E-state index >= 15 is 0 Å². The molecule has 0 saturated carbocycles. The summed E-state index contributed by atoms with van der Waals surface area (Å²) in [6, 6.07) is 8.50. The van der Waals surface area contributed by atoms with Crippen LogP contribution in [0, 0.1) is 0 Å². The molecule has 1 unspecified atom stereocenters. The molecule has 1 heterocycles. The fourth-order valence-corrected chi connectivity index (χ4v) is 2.30. The number of ether oxygens (including phenoxy) is 1. The molecular weight excluding hydrogens is 186 g/mol. The Hall–Kier alpha value is -1.02. The van der Waals surface area contributed by atoms with E-state index in [0.717, 1.165) is 6.42 Å². The molecule has 15 heavy (non-hydrogen) atoms. The van der Waals surface area contributed by atoms with Crippen molar-refractivity contribution in [1.82, 2.24) is 0 Å². The zero-order chi connectivity index (χ0) is 11.1. The van der Waals surface area contributed by atoms with Crippen LogP contribution in [-0.2, 0) is 4.74 Å². The van der Waals surface area contributed by atoms with Crippen LogP contribution in [0.15, 0.2) is 24.3 Å². The Bertz CT molecular complexity index is 359. The molecule has 0 fully saturated rings. The van der Waals surface area contributed by atoms with Gasteiger partial charge in [0.2, 0.25) is 0 Å². The third-order valence-electron chi connectivity index (χ3n) is 3.52.